The van der Waals surface area contributed by atoms with Crippen molar-refractivity contribution in [3.63, 3.8) is 0 Å². The highest BCUT2D eigenvalue weighted by Crippen LogP contribution is 2.31. The van der Waals surface area contributed by atoms with Gasteiger partial charge >= 0.3 is 17.9 Å². The van der Waals surface area contributed by atoms with Crippen molar-refractivity contribution in [2.24, 2.45) is 0 Å². The molecule has 2 atom stereocenters. The van der Waals surface area contributed by atoms with E-state index in [1.165, 1.54) is 4.90 Å². The summed E-state index contributed by atoms with van der Waals surface area (Å²) in [6.45, 7) is 1.92. The van der Waals surface area contributed by atoms with E-state index < -0.39 is 30.0 Å². The van der Waals surface area contributed by atoms with E-state index in [0.29, 0.717) is 0 Å². The first-order valence-electron chi connectivity index (χ1n) is 9.42. The minimum atomic E-state index is -0.855. The number of hydrogen-bond acceptors (Lipinski definition) is 7. The van der Waals surface area contributed by atoms with Crippen LogP contribution in [0.3, 0.4) is 0 Å². The number of esters is 3. The fraction of sp³-hybridized carbons (Fsp3) is 0.318. The van der Waals surface area contributed by atoms with E-state index in [9.17, 15) is 14.4 Å². The molecular weight excluding hydrogens is 374 g/mol. The molecule has 1 fully saturated rings. The Kier molecular flexibility index (Phi) is 6.97. The lowest BCUT2D eigenvalue weighted by Crippen LogP contribution is -2.22. The van der Waals surface area contributed by atoms with Gasteiger partial charge in [0.1, 0.15) is 25.3 Å². The first-order valence-corrected chi connectivity index (χ1v) is 9.42. The van der Waals surface area contributed by atoms with Gasteiger partial charge < -0.3 is 14.2 Å². The highest BCUT2D eigenvalue weighted by atomic mass is 16.6. The second-order valence-corrected chi connectivity index (χ2v) is 6.55. The summed E-state index contributed by atoms with van der Waals surface area (Å²) in [5, 5.41) is 0. The highest BCUT2D eigenvalue weighted by Gasteiger charge is 2.59. The number of nitrogens with zero attached hydrogens (tertiary/aromatic N) is 1. The molecule has 152 valence electrons. The zero-order valence-corrected chi connectivity index (χ0v) is 16.2. The predicted molar refractivity (Wildman–Crippen MR) is 103 cm³/mol. The topological polar surface area (TPSA) is 81.9 Å². The fourth-order valence-electron chi connectivity index (χ4n) is 2.99. The maximum atomic E-state index is 12.5. The third-order valence-electron chi connectivity index (χ3n) is 4.47. The van der Waals surface area contributed by atoms with Crippen molar-refractivity contribution in [2.75, 3.05) is 13.2 Å². The Morgan fingerprint density at radius 2 is 1.21 bits per heavy atom. The summed E-state index contributed by atoms with van der Waals surface area (Å²) in [6, 6.07) is 16.7. The molecule has 1 aliphatic heterocycles. The molecule has 0 bridgehead atoms. The van der Waals surface area contributed by atoms with Crippen LogP contribution < -0.4 is 0 Å². The van der Waals surface area contributed by atoms with E-state index in [4.69, 9.17) is 14.2 Å². The van der Waals surface area contributed by atoms with Crippen LogP contribution in [-0.4, -0.2) is 48.0 Å². The van der Waals surface area contributed by atoms with Crippen molar-refractivity contribution >= 4 is 17.9 Å². The highest BCUT2D eigenvalue weighted by molar-refractivity contribution is 5.94. The van der Waals surface area contributed by atoms with E-state index >= 15 is 0 Å². The van der Waals surface area contributed by atoms with Gasteiger partial charge in [0.15, 0.2) is 0 Å². The molecule has 1 heterocycles. The summed E-state index contributed by atoms with van der Waals surface area (Å²) in [5.41, 5.74) is 1.67. The molecule has 0 radical (unpaired) electrons. The van der Waals surface area contributed by atoms with Crippen LogP contribution in [0.2, 0.25) is 0 Å². The zero-order chi connectivity index (χ0) is 20.6. The molecule has 0 aromatic heterocycles. The largest absolute Gasteiger partial charge is 0.465 e. The van der Waals surface area contributed by atoms with Gasteiger partial charge in [-0.2, -0.15) is 0 Å². The Bertz CT molecular complexity index is 777. The summed E-state index contributed by atoms with van der Waals surface area (Å²) >= 11 is 0. The van der Waals surface area contributed by atoms with Gasteiger partial charge in [-0.1, -0.05) is 60.7 Å². The third-order valence-corrected chi connectivity index (χ3v) is 4.47. The molecule has 2 aromatic carbocycles. The van der Waals surface area contributed by atoms with Crippen LogP contribution in [-0.2, 0) is 41.8 Å². The van der Waals surface area contributed by atoms with E-state index in [1.54, 1.807) is 6.92 Å². The van der Waals surface area contributed by atoms with Crippen LogP contribution >= 0.6 is 0 Å². The zero-order valence-electron chi connectivity index (χ0n) is 16.2. The lowest BCUT2D eigenvalue weighted by Gasteiger charge is -2.05. The Labute approximate surface area is 169 Å². The molecule has 7 heteroatoms. The molecule has 0 aliphatic carbocycles. The average molecular weight is 397 g/mol. The van der Waals surface area contributed by atoms with E-state index in [1.807, 2.05) is 60.7 Å². The van der Waals surface area contributed by atoms with Gasteiger partial charge in [-0.3, -0.25) is 19.3 Å². The summed E-state index contributed by atoms with van der Waals surface area (Å²) in [7, 11) is 0. The molecule has 3 rings (SSSR count). The molecule has 0 unspecified atom stereocenters. The second kappa shape index (κ2) is 9.84. The molecule has 1 aliphatic rings. The average Bonchev–Trinajstić information content (AvgIpc) is 3.45. The number of carbonyl (C=O) groups excluding carboxylic acids is 3. The summed E-state index contributed by atoms with van der Waals surface area (Å²) < 4.78 is 15.6. The second-order valence-electron chi connectivity index (χ2n) is 6.55. The van der Waals surface area contributed by atoms with Crippen molar-refractivity contribution in [3.05, 3.63) is 71.8 Å². The normalized spacial score (nSPS) is 19.8. The Morgan fingerprint density at radius 3 is 1.62 bits per heavy atom. The monoisotopic (exact) mass is 397 g/mol. The first-order chi connectivity index (χ1) is 14.1. The molecule has 0 spiro atoms. The van der Waals surface area contributed by atoms with Crippen LogP contribution in [0.4, 0.5) is 0 Å². The van der Waals surface area contributed by atoms with Crippen molar-refractivity contribution in [2.45, 2.75) is 32.2 Å². The van der Waals surface area contributed by atoms with Crippen molar-refractivity contribution < 1.29 is 28.6 Å². The van der Waals surface area contributed by atoms with Crippen LogP contribution in [0.25, 0.3) is 0 Å². The van der Waals surface area contributed by atoms with Gasteiger partial charge in [-0.05, 0) is 18.1 Å². The smallest absolute Gasteiger partial charge is 0.326 e. The number of hydrogen-bond donors (Lipinski definition) is 0. The van der Waals surface area contributed by atoms with Gasteiger partial charge in [0.05, 0.1) is 13.2 Å². The standard InChI is InChI=1S/C22H23NO6/c1-2-27-18(24)13-23-19(21(25)28-14-16-9-5-3-6-10-16)20(23)22(26)29-15-17-11-7-4-8-12-17/h3-12,19-20H,2,13-15H2,1H3/t19-,20-/m0/s1. The Hall–Kier alpha value is -3.19. The van der Waals surface area contributed by atoms with Gasteiger partial charge in [0.2, 0.25) is 0 Å². The van der Waals surface area contributed by atoms with Crippen molar-refractivity contribution in [1.29, 1.82) is 0 Å². The third kappa shape index (κ3) is 5.65. The minimum Gasteiger partial charge on any atom is -0.465 e. The lowest BCUT2D eigenvalue weighted by atomic mass is 10.2. The molecule has 29 heavy (non-hydrogen) atoms. The quantitative estimate of drug-likeness (QED) is 0.364. The van der Waals surface area contributed by atoms with Crippen LogP contribution in [0.5, 0.6) is 0 Å². The number of ether oxygens (including phenoxy) is 3. The van der Waals surface area contributed by atoms with E-state index in [-0.39, 0.29) is 26.4 Å². The fourth-order valence-corrected chi connectivity index (χ4v) is 2.99. The van der Waals surface area contributed by atoms with E-state index in [0.717, 1.165) is 11.1 Å². The van der Waals surface area contributed by atoms with Crippen LogP contribution in [0, 0.1) is 0 Å². The molecule has 2 aromatic rings. The Morgan fingerprint density at radius 1 is 0.759 bits per heavy atom. The summed E-state index contributed by atoms with van der Waals surface area (Å²) in [5.74, 6) is -1.65. The first kappa shape index (κ1) is 20.5. The summed E-state index contributed by atoms with van der Waals surface area (Å²) in [6.07, 6.45) is 0. The van der Waals surface area contributed by atoms with Gasteiger partial charge in [0, 0.05) is 0 Å². The molecule has 0 amide bonds. The van der Waals surface area contributed by atoms with E-state index in [2.05, 4.69) is 0 Å². The predicted octanol–water partition coefficient (Wildman–Crippen LogP) is 2.09. The Balaban J connectivity index is 1.59. The molecule has 7 nitrogen and oxygen atoms in total. The maximum Gasteiger partial charge on any atom is 0.326 e. The van der Waals surface area contributed by atoms with Gasteiger partial charge in [-0.15, -0.1) is 0 Å². The maximum absolute atomic E-state index is 12.5. The van der Waals surface area contributed by atoms with Crippen LogP contribution in [0.15, 0.2) is 60.7 Å². The summed E-state index contributed by atoms with van der Waals surface area (Å²) in [4.78, 5) is 38.2. The van der Waals surface area contributed by atoms with Gasteiger partial charge in [-0.25, -0.2) is 0 Å². The van der Waals surface area contributed by atoms with Crippen LogP contribution in [0.1, 0.15) is 18.1 Å². The molecule has 0 saturated carbocycles. The lowest BCUT2D eigenvalue weighted by molar-refractivity contribution is -0.148. The molecule has 0 N–H and O–H groups in total. The number of rotatable bonds is 9. The van der Waals surface area contributed by atoms with Gasteiger partial charge in [0.25, 0.3) is 0 Å². The molecule has 1 saturated heterocycles. The minimum absolute atomic E-state index is 0.0925. The van der Waals surface area contributed by atoms with Crippen molar-refractivity contribution in [1.82, 2.24) is 4.90 Å². The van der Waals surface area contributed by atoms with Crippen molar-refractivity contribution in [3.8, 4) is 0 Å². The molecular formula is C22H23NO6. The number of carbonyl (C=O) groups is 3. The number of benzene rings is 2. The SMILES string of the molecule is CCOC(=O)CN1[C@H](C(=O)OCc2ccccc2)[C@H]1C(=O)OCc1ccccc1.